The third kappa shape index (κ3) is 3.38. The number of nitrogens with one attached hydrogen (secondary N) is 1. The van der Waals surface area contributed by atoms with Crippen LogP contribution in [0.5, 0.6) is 0 Å². The lowest BCUT2D eigenvalue weighted by molar-refractivity contribution is -0.115. The fourth-order valence-corrected chi connectivity index (χ4v) is 3.05. The average molecular weight is 352 g/mol. The van der Waals surface area contributed by atoms with E-state index in [2.05, 4.69) is 10.3 Å². The second kappa shape index (κ2) is 6.20. The van der Waals surface area contributed by atoms with Gasteiger partial charge in [-0.1, -0.05) is 23.2 Å². The number of halogens is 2. The van der Waals surface area contributed by atoms with Crippen molar-refractivity contribution in [1.29, 1.82) is 0 Å². The van der Waals surface area contributed by atoms with Crippen LogP contribution in [-0.2, 0) is 11.8 Å². The van der Waals surface area contributed by atoms with Crippen molar-refractivity contribution in [3.05, 3.63) is 57.2 Å². The van der Waals surface area contributed by atoms with Crippen LogP contribution in [0.2, 0.25) is 10.0 Å². The fourth-order valence-electron chi connectivity index (χ4n) is 1.91. The molecule has 1 aliphatic heterocycles. The maximum Gasteiger partial charge on any atom is 0.264 e. The van der Waals surface area contributed by atoms with E-state index in [0.29, 0.717) is 25.8 Å². The van der Waals surface area contributed by atoms with E-state index in [0.717, 1.165) is 5.56 Å². The van der Waals surface area contributed by atoms with Gasteiger partial charge in [-0.3, -0.25) is 4.79 Å². The van der Waals surface area contributed by atoms with Gasteiger partial charge in [0.05, 0.1) is 20.6 Å². The smallest absolute Gasteiger partial charge is 0.264 e. The van der Waals surface area contributed by atoms with Crippen LogP contribution >= 0.6 is 35.0 Å². The van der Waals surface area contributed by atoms with Gasteiger partial charge in [0.25, 0.3) is 5.91 Å². The van der Waals surface area contributed by atoms with E-state index in [-0.39, 0.29) is 5.91 Å². The summed E-state index contributed by atoms with van der Waals surface area (Å²) >= 11 is 13.1. The molecule has 0 bridgehead atoms. The quantitative estimate of drug-likeness (QED) is 0.823. The highest BCUT2D eigenvalue weighted by atomic mass is 35.5. The van der Waals surface area contributed by atoms with Crippen molar-refractivity contribution < 1.29 is 4.79 Å². The lowest BCUT2D eigenvalue weighted by atomic mass is 10.3. The Labute approximate surface area is 141 Å². The predicted molar refractivity (Wildman–Crippen MR) is 92.7 cm³/mol. The molecule has 2 aromatic rings. The number of aromatic nitrogens is 1. The van der Waals surface area contributed by atoms with Crippen molar-refractivity contribution in [2.75, 3.05) is 0 Å². The molecule has 112 valence electrons. The van der Waals surface area contributed by atoms with Gasteiger partial charge in [-0.25, -0.2) is 4.99 Å². The third-order valence-corrected chi connectivity index (χ3v) is 4.59. The molecule has 3 rings (SSSR count). The van der Waals surface area contributed by atoms with E-state index in [4.69, 9.17) is 23.2 Å². The Kier molecular flexibility index (Phi) is 4.29. The molecular weight excluding hydrogens is 341 g/mol. The molecule has 0 saturated carbocycles. The predicted octanol–water partition coefficient (Wildman–Crippen LogP) is 4.22. The molecular formula is C15H11Cl2N3OS. The monoisotopic (exact) mass is 351 g/mol. The zero-order valence-corrected chi connectivity index (χ0v) is 13.8. The Morgan fingerprint density at radius 3 is 2.77 bits per heavy atom. The summed E-state index contributed by atoms with van der Waals surface area (Å²) in [6.45, 7) is 0. The van der Waals surface area contributed by atoms with Gasteiger partial charge in [-0.05, 0) is 47.7 Å². The molecule has 0 radical (unpaired) electrons. The first-order valence-corrected chi connectivity index (χ1v) is 7.95. The van der Waals surface area contributed by atoms with Crippen LogP contribution in [0.15, 0.2) is 46.6 Å². The van der Waals surface area contributed by atoms with Crippen LogP contribution in [0.25, 0.3) is 6.08 Å². The molecule has 2 heterocycles. The second-order valence-corrected chi connectivity index (χ2v) is 6.54. The topological polar surface area (TPSA) is 46.4 Å². The minimum absolute atomic E-state index is 0.160. The minimum Gasteiger partial charge on any atom is -0.357 e. The molecule has 0 aliphatic carbocycles. The summed E-state index contributed by atoms with van der Waals surface area (Å²) in [4.78, 5) is 16.9. The van der Waals surface area contributed by atoms with E-state index in [1.807, 2.05) is 36.2 Å². The number of benzene rings is 1. The maximum atomic E-state index is 12.0. The van der Waals surface area contributed by atoms with Gasteiger partial charge in [0.2, 0.25) is 0 Å². The Morgan fingerprint density at radius 2 is 2.09 bits per heavy atom. The Balaban J connectivity index is 1.83. The van der Waals surface area contributed by atoms with Crippen LogP contribution in [0, 0.1) is 0 Å². The average Bonchev–Trinajstić information content (AvgIpc) is 3.01. The molecule has 1 amide bonds. The van der Waals surface area contributed by atoms with Gasteiger partial charge >= 0.3 is 0 Å². The van der Waals surface area contributed by atoms with Gasteiger partial charge < -0.3 is 9.88 Å². The largest absolute Gasteiger partial charge is 0.357 e. The number of amides is 1. The van der Waals surface area contributed by atoms with E-state index in [9.17, 15) is 4.79 Å². The number of nitrogens with zero attached hydrogens (tertiary/aromatic N) is 2. The van der Waals surface area contributed by atoms with Crippen LogP contribution in [0.1, 0.15) is 5.56 Å². The lowest BCUT2D eigenvalue weighted by Crippen LogP contribution is -2.19. The van der Waals surface area contributed by atoms with Crippen LogP contribution in [-0.4, -0.2) is 15.6 Å². The number of carbonyl (C=O) groups excluding carboxylic acids is 1. The standard InChI is InChI=1S/C15H11Cl2N3OS/c1-20-5-4-9(8-20)6-13-14(21)19-15(22-13)18-10-2-3-11(16)12(17)7-10/h2-8H,1H3,(H,18,19,21)/b13-6+. The summed E-state index contributed by atoms with van der Waals surface area (Å²) in [5.74, 6) is -0.160. The molecule has 1 aliphatic rings. The van der Waals surface area contributed by atoms with Gasteiger partial charge in [0.15, 0.2) is 5.17 Å². The van der Waals surface area contributed by atoms with E-state index in [1.54, 1.807) is 18.2 Å². The Hall–Kier alpha value is -1.69. The number of aliphatic imine (C=N–C) groups is 1. The van der Waals surface area contributed by atoms with Crippen molar-refractivity contribution in [3.63, 3.8) is 0 Å². The van der Waals surface area contributed by atoms with E-state index < -0.39 is 0 Å². The maximum absolute atomic E-state index is 12.0. The van der Waals surface area contributed by atoms with E-state index in [1.165, 1.54) is 11.8 Å². The second-order valence-electron chi connectivity index (χ2n) is 4.69. The molecule has 0 atom stereocenters. The highest BCUT2D eigenvalue weighted by Gasteiger charge is 2.23. The van der Waals surface area contributed by atoms with Crippen LogP contribution < -0.4 is 5.32 Å². The van der Waals surface area contributed by atoms with Crippen molar-refractivity contribution in [3.8, 4) is 0 Å². The molecule has 4 nitrogen and oxygen atoms in total. The molecule has 7 heteroatoms. The van der Waals surface area contributed by atoms with Crippen molar-refractivity contribution >= 4 is 57.8 Å². The first kappa shape index (κ1) is 15.2. The van der Waals surface area contributed by atoms with Crippen molar-refractivity contribution in [2.24, 2.45) is 12.0 Å². The fraction of sp³-hybridized carbons (Fsp3) is 0.0667. The number of rotatable bonds is 2. The molecule has 1 saturated heterocycles. The molecule has 1 aromatic heterocycles. The number of hydrogen-bond acceptors (Lipinski definition) is 3. The Bertz CT molecular complexity index is 811. The lowest BCUT2D eigenvalue weighted by Gasteiger charge is -1.98. The minimum atomic E-state index is -0.160. The molecule has 1 N–H and O–H groups in total. The highest BCUT2D eigenvalue weighted by Crippen LogP contribution is 2.30. The number of hydrogen-bond donors (Lipinski definition) is 1. The summed E-state index contributed by atoms with van der Waals surface area (Å²) in [5.41, 5.74) is 1.61. The van der Waals surface area contributed by atoms with Gasteiger partial charge in [-0.15, -0.1) is 0 Å². The summed E-state index contributed by atoms with van der Waals surface area (Å²) in [5, 5.41) is 4.15. The van der Waals surface area contributed by atoms with Crippen LogP contribution in [0.4, 0.5) is 5.69 Å². The molecule has 0 spiro atoms. The number of aryl methyl sites for hydroxylation is 1. The molecule has 0 unspecified atom stereocenters. The zero-order chi connectivity index (χ0) is 15.7. The number of thioether (sulfide) groups is 1. The molecule has 1 fully saturated rings. The summed E-state index contributed by atoms with van der Waals surface area (Å²) in [7, 11) is 1.93. The van der Waals surface area contributed by atoms with Gasteiger partial charge in [0, 0.05) is 19.4 Å². The normalized spacial score (nSPS) is 18.2. The molecule has 1 aromatic carbocycles. The van der Waals surface area contributed by atoms with Crippen molar-refractivity contribution in [2.45, 2.75) is 0 Å². The van der Waals surface area contributed by atoms with Gasteiger partial charge in [-0.2, -0.15) is 0 Å². The highest BCUT2D eigenvalue weighted by molar-refractivity contribution is 8.18. The third-order valence-electron chi connectivity index (χ3n) is 2.94. The Morgan fingerprint density at radius 1 is 1.27 bits per heavy atom. The number of carbonyl (C=O) groups is 1. The van der Waals surface area contributed by atoms with Gasteiger partial charge in [0.1, 0.15) is 0 Å². The SMILES string of the molecule is Cn1ccc(/C=C2/SC(=Nc3ccc(Cl)c(Cl)c3)NC2=O)c1. The van der Waals surface area contributed by atoms with Crippen LogP contribution in [0.3, 0.4) is 0 Å². The molecule has 22 heavy (non-hydrogen) atoms. The first-order valence-electron chi connectivity index (χ1n) is 6.38. The number of amidine groups is 1. The zero-order valence-electron chi connectivity index (χ0n) is 11.5. The summed E-state index contributed by atoms with van der Waals surface area (Å²) in [6.07, 6.45) is 5.70. The van der Waals surface area contributed by atoms with Crippen molar-refractivity contribution in [1.82, 2.24) is 9.88 Å². The summed E-state index contributed by atoms with van der Waals surface area (Å²) < 4.78 is 1.93. The first-order chi connectivity index (χ1) is 10.5. The summed E-state index contributed by atoms with van der Waals surface area (Å²) in [6, 6.07) is 7.01. The van der Waals surface area contributed by atoms with E-state index >= 15 is 0 Å².